The molecule has 3 rings (SSSR count). The fraction of sp³-hybridized carbons (Fsp3) is 0.706. The van der Waals surface area contributed by atoms with Gasteiger partial charge in [0.25, 0.3) is 0 Å². The maximum atomic E-state index is 13.4. The van der Waals surface area contributed by atoms with Crippen molar-refractivity contribution >= 4 is 5.91 Å². The third-order valence-corrected chi connectivity index (χ3v) is 4.83. The number of aromatic nitrogens is 2. The van der Waals surface area contributed by atoms with E-state index in [-0.39, 0.29) is 5.91 Å². The second-order valence-corrected chi connectivity index (χ2v) is 6.89. The lowest BCUT2D eigenvalue weighted by Crippen LogP contribution is -2.55. The van der Waals surface area contributed by atoms with Gasteiger partial charge in [0.15, 0.2) is 0 Å². The van der Waals surface area contributed by atoms with E-state index < -0.39 is 5.54 Å². The molecule has 2 saturated heterocycles. The van der Waals surface area contributed by atoms with E-state index in [1.165, 1.54) is 0 Å². The second-order valence-electron chi connectivity index (χ2n) is 6.89. The molecule has 0 radical (unpaired) electrons. The van der Waals surface area contributed by atoms with Crippen LogP contribution in [0.1, 0.15) is 45.2 Å². The third-order valence-electron chi connectivity index (χ3n) is 4.83. The average molecular weight is 302 g/mol. The Bertz CT molecular complexity index is 513. The summed E-state index contributed by atoms with van der Waals surface area (Å²) in [7, 11) is 0. The van der Waals surface area contributed by atoms with Gasteiger partial charge in [-0.2, -0.15) is 0 Å². The van der Waals surface area contributed by atoms with E-state index in [9.17, 15) is 4.79 Å². The molecule has 1 amide bonds. The molecule has 2 aliphatic heterocycles. The van der Waals surface area contributed by atoms with E-state index in [1.807, 2.05) is 4.90 Å². The van der Waals surface area contributed by atoms with Crippen molar-refractivity contribution in [1.29, 1.82) is 0 Å². The van der Waals surface area contributed by atoms with Crippen molar-refractivity contribution in [3.63, 3.8) is 0 Å². The molecule has 0 aromatic carbocycles. The van der Waals surface area contributed by atoms with Gasteiger partial charge in [-0.25, -0.2) is 0 Å². The van der Waals surface area contributed by atoms with Crippen LogP contribution in [-0.2, 0) is 10.3 Å². The molecule has 0 unspecified atom stereocenters. The molecular weight excluding hydrogens is 276 g/mol. The van der Waals surface area contributed by atoms with Crippen LogP contribution in [0.2, 0.25) is 0 Å². The lowest BCUT2D eigenvalue weighted by atomic mass is 9.89. The highest BCUT2D eigenvalue weighted by Crippen LogP contribution is 2.40. The minimum absolute atomic E-state index is 0.239. The molecule has 5 nitrogen and oxygen atoms in total. The van der Waals surface area contributed by atoms with Crippen molar-refractivity contribution in [2.24, 2.45) is 5.92 Å². The van der Waals surface area contributed by atoms with E-state index in [2.05, 4.69) is 28.7 Å². The first-order valence-corrected chi connectivity index (χ1v) is 8.45. The number of carbonyl (C=O) groups excluding carboxylic acids is 1. The monoisotopic (exact) mass is 302 g/mol. The summed E-state index contributed by atoms with van der Waals surface area (Å²) in [6.07, 6.45) is 9.31. The number of nitrogens with zero attached hydrogens (tertiary/aromatic N) is 4. The van der Waals surface area contributed by atoms with Gasteiger partial charge in [0.2, 0.25) is 5.91 Å². The smallest absolute Gasteiger partial charge is 0.249 e. The summed E-state index contributed by atoms with van der Waals surface area (Å²) in [6, 6.07) is 0. The molecule has 5 heteroatoms. The summed E-state index contributed by atoms with van der Waals surface area (Å²) in [5.41, 5.74) is 0.230. The number of hydrogen-bond acceptors (Lipinski definition) is 4. The van der Waals surface area contributed by atoms with Gasteiger partial charge in [-0.3, -0.25) is 19.7 Å². The van der Waals surface area contributed by atoms with E-state index in [0.717, 1.165) is 57.6 Å². The molecule has 120 valence electrons. The normalized spacial score (nSPS) is 26.0. The van der Waals surface area contributed by atoms with Crippen molar-refractivity contribution in [1.82, 2.24) is 19.8 Å². The fourth-order valence-electron chi connectivity index (χ4n) is 3.90. The SMILES string of the molecule is CC(C)CN1CCC[C@]1(C(=O)N1CCCC1)c1cnccn1. The molecule has 22 heavy (non-hydrogen) atoms. The molecule has 0 spiro atoms. The number of rotatable bonds is 4. The Morgan fingerprint density at radius 1 is 1.23 bits per heavy atom. The van der Waals surface area contributed by atoms with E-state index in [1.54, 1.807) is 18.6 Å². The largest absolute Gasteiger partial charge is 0.341 e. The minimum Gasteiger partial charge on any atom is -0.341 e. The third kappa shape index (κ3) is 2.62. The summed E-state index contributed by atoms with van der Waals surface area (Å²) < 4.78 is 0. The summed E-state index contributed by atoms with van der Waals surface area (Å²) in [5.74, 6) is 0.768. The van der Waals surface area contributed by atoms with Crippen LogP contribution in [0.15, 0.2) is 18.6 Å². The van der Waals surface area contributed by atoms with Crippen molar-refractivity contribution in [2.45, 2.75) is 45.1 Å². The molecule has 3 heterocycles. The standard InChI is InChI=1S/C17H26N4O/c1-14(2)13-21-11-5-6-17(21,15-12-18-7-8-19-15)16(22)20-9-3-4-10-20/h7-8,12,14H,3-6,9-11,13H2,1-2H3/t17-/m1/s1. The summed E-state index contributed by atoms with van der Waals surface area (Å²) >= 11 is 0. The van der Waals surface area contributed by atoms with Gasteiger partial charge in [-0.15, -0.1) is 0 Å². The highest BCUT2D eigenvalue weighted by Gasteiger charge is 2.52. The van der Waals surface area contributed by atoms with Crippen molar-refractivity contribution in [3.8, 4) is 0 Å². The van der Waals surface area contributed by atoms with E-state index >= 15 is 0 Å². The predicted molar refractivity (Wildman–Crippen MR) is 85.2 cm³/mol. The van der Waals surface area contributed by atoms with Crippen LogP contribution < -0.4 is 0 Å². The summed E-state index contributed by atoms with van der Waals surface area (Å²) in [6.45, 7) is 8.08. The number of amides is 1. The Labute approximate surface area is 132 Å². The zero-order chi connectivity index (χ0) is 15.6. The Hall–Kier alpha value is -1.49. The van der Waals surface area contributed by atoms with Crippen molar-refractivity contribution in [3.05, 3.63) is 24.3 Å². The van der Waals surface area contributed by atoms with E-state index in [4.69, 9.17) is 0 Å². The molecule has 1 aromatic rings. The molecule has 1 atom stereocenters. The Morgan fingerprint density at radius 2 is 2.00 bits per heavy atom. The topological polar surface area (TPSA) is 49.3 Å². The van der Waals surface area contributed by atoms with Gasteiger partial charge in [-0.05, 0) is 38.1 Å². The highest BCUT2D eigenvalue weighted by molar-refractivity contribution is 5.87. The maximum Gasteiger partial charge on any atom is 0.249 e. The Balaban J connectivity index is 1.99. The van der Waals surface area contributed by atoms with Gasteiger partial charge in [0.05, 0.1) is 11.9 Å². The lowest BCUT2D eigenvalue weighted by Gasteiger charge is -2.39. The molecule has 0 aliphatic carbocycles. The van der Waals surface area contributed by atoms with Gasteiger partial charge in [-0.1, -0.05) is 13.8 Å². The minimum atomic E-state index is -0.594. The first kappa shape index (κ1) is 15.4. The molecular formula is C17H26N4O. The average Bonchev–Trinajstić information content (AvgIpc) is 3.17. The first-order valence-electron chi connectivity index (χ1n) is 8.45. The molecule has 2 aliphatic rings. The zero-order valence-electron chi connectivity index (χ0n) is 13.7. The summed E-state index contributed by atoms with van der Waals surface area (Å²) in [4.78, 5) is 26.5. The maximum absolute atomic E-state index is 13.4. The van der Waals surface area contributed by atoms with Crippen LogP contribution in [0.25, 0.3) is 0 Å². The number of likely N-dealkylation sites (tertiary alicyclic amines) is 2. The van der Waals surface area contributed by atoms with Crippen LogP contribution >= 0.6 is 0 Å². The van der Waals surface area contributed by atoms with Crippen LogP contribution in [0, 0.1) is 5.92 Å². The Kier molecular flexibility index (Phi) is 4.43. The van der Waals surface area contributed by atoms with Gasteiger partial charge < -0.3 is 4.90 Å². The molecule has 0 N–H and O–H groups in total. The molecule has 0 bridgehead atoms. The summed E-state index contributed by atoms with van der Waals surface area (Å²) in [5, 5.41) is 0. The van der Waals surface area contributed by atoms with Crippen molar-refractivity contribution in [2.75, 3.05) is 26.2 Å². The lowest BCUT2D eigenvalue weighted by molar-refractivity contribution is -0.143. The quantitative estimate of drug-likeness (QED) is 0.854. The molecule has 2 fully saturated rings. The predicted octanol–water partition coefficient (Wildman–Crippen LogP) is 2.05. The number of carbonyl (C=O) groups is 1. The zero-order valence-corrected chi connectivity index (χ0v) is 13.7. The van der Waals surface area contributed by atoms with Crippen LogP contribution in [0.5, 0.6) is 0 Å². The van der Waals surface area contributed by atoms with Gasteiger partial charge in [0, 0.05) is 32.0 Å². The van der Waals surface area contributed by atoms with Gasteiger partial charge >= 0.3 is 0 Å². The van der Waals surface area contributed by atoms with Crippen molar-refractivity contribution < 1.29 is 4.79 Å². The fourth-order valence-corrected chi connectivity index (χ4v) is 3.90. The first-order chi connectivity index (χ1) is 10.6. The molecule has 0 saturated carbocycles. The van der Waals surface area contributed by atoms with E-state index in [0.29, 0.717) is 5.92 Å². The second kappa shape index (κ2) is 6.32. The number of hydrogen-bond donors (Lipinski definition) is 0. The van der Waals surface area contributed by atoms with Crippen LogP contribution in [0.4, 0.5) is 0 Å². The van der Waals surface area contributed by atoms with Gasteiger partial charge in [0.1, 0.15) is 5.54 Å². The van der Waals surface area contributed by atoms with Crippen LogP contribution in [0.3, 0.4) is 0 Å². The molecule has 1 aromatic heterocycles. The van der Waals surface area contributed by atoms with Crippen LogP contribution in [-0.4, -0.2) is 51.9 Å². The Morgan fingerprint density at radius 3 is 2.64 bits per heavy atom. The highest BCUT2D eigenvalue weighted by atomic mass is 16.2.